The lowest BCUT2D eigenvalue weighted by atomic mass is 10.2. The van der Waals surface area contributed by atoms with E-state index in [0.717, 1.165) is 6.42 Å². The molecule has 59 valence electrons. The van der Waals surface area contributed by atoms with Gasteiger partial charge in [0.25, 0.3) is 0 Å². The van der Waals surface area contributed by atoms with Gasteiger partial charge in [-0.15, -0.1) is 0 Å². The molecule has 0 aliphatic carbocycles. The minimum Gasteiger partial charge on any atom is -0.291 e. The van der Waals surface area contributed by atoms with Crippen LogP contribution in [0.15, 0.2) is 0 Å². The average Bonchev–Trinajstić information content (AvgIpc) is 1.97. The molecule has 0 fully saturated rings. The van der Waals surface area contributed by atoms with Crippen LogP contribution in [0, 0.1) is 0 Å². The molecular formula is C8H15OS. The van der Waals surface area contributed by atoms with Gasteiger partial charge in [0.05, 0.1) is 0 Å². The largest absolute Gasteiger partial charge is 0.291 e. The molecule has 0 aliphatic rings. The van der Waals surface area contributed by atoms with Crippen molar-refractivity contribution in [3.8, 4) is 0 Å². The van der Waals surface area contributed by atoms with E-state index in [9.17, 15) is 4.79 Å². The predicted octanol–water partition coefficient (Wildman–Crippen LogP) is 2.41. The first-order valence-corrected chi connectivity index (χ1v) is 5.00. The second-order valence-corrected chi connectivity index (χ2v) is 3.55. The standard InChI is InChI=1S/C8H15OS/c1-2-10-8-6-4-3-5-7-9/h2-6,8H2,1H3. The van der Waals surface area contributed by atoms with Crippen LogP contribution in [0.3, 0.4) is 0 Å². The summed E-state index contributed by atoms with van der Waals surface area (Å²) < 4.78 is 0. The first-order valence-electron chi connectivity index (χ1n) is 3.84. The maximum atomic E-state index is 9.76. The molecule has 0 atom stereocenters. The monoisotopic (exact) mass is 159 g/mol. The molecule has 0 saturated heterocycles. The Morgan fingerprint density at radius 3 is 2.70 bits per heavy atom. The van der Waals surface area contributed by atoms with E-state index in [1.165, 1.54) is 24.3 Å². The molecule has 2 heteroatoms. The minimum absolute atomic E-state index is 0.622. The van der Waals surface area contributed by atoms with E-state index in [1.54, 1.807) is 0 Å². The van der Waals surface area contributed by atoms with Gasteiger partial charge in [0.15, 0.2) is 6.29 Å². The second-order valence-electron chi connectivity index (χ2n) is 2.15. The van der Waals surface area contributed by atoms with Gasteiger partial charge in [0.1, 0.15) is 0 Å². The van der Waals surface area contributed by atoms with Crippen molar-refractivity contribution in [1.82, 2.24) is 0 Å². The average molecular weight is 159 g/mol. The highest BCUT2D eigenvalue weighted by molar-refractivity contribution is 7.99. The third kappa shape index (κ3) is 8.02. The number of carbonyl (C=O) groups excluding carboxylic acids is 1. The van der Waals surface area contributed by atoms with E-state index in [2.05, 4.69) is 6.92 Å². The molecule has 0 N–H and O–H groups in total. The molecule has 1 radical (unpaired) electrons. The highest BCUT2D eigenvalue weighted by atomic mass is 32.2. The molecule has 0 bridgehead atoms. The Bertz CT molecular complexity index is 73.7. The van der Waals surface area contributed by atoms with Crippen molar-refractivity contribution in [3.63, 3.8) is 0 Å². The van der Waals surface area contributed by atoms with Crippen LogP contribution in [0.25, 0.3) is 0 Å². The normalized spacial score (nSPS) is 9.70. The molecule has 0 aromatic heterocycles. The van der Waals surface area contributed by atoms with Crippen molar-refractivity contribution < 1.29 is 4.79 Å². The summed E-state index contributed by atoms with van der Waals surface area (Å²) in [7, 11) is 0. The van der Waals surface area contributed by atoms with Crippen molar-refractivity contribution in [2.45, 2.75) is 32.6 Å². The third-order valence-electron chi connectivity index (χ3n) is 1.27. The van der Waals surface area contributed by atoms with Crippen LogP contribution in [-0.2, 0) is 4.79 Å². The lowest BCUT2D eigenvalue weighted by Gasteiger charge is -1.95. The Morgan fingerprint density at radius 1 is 1.30 bits per heavy atom. The van der Waals surface area contributed by atoms with Crippen LogP contribution in [0.1, 0.15) is 32.6 Å². The number of hydrogen-bond donors (Lipinski definition) is 0. The third-order valence-corrected chi connectivity index (χ3v) is 2.26. The van der Waals surface area contributed by atoms with Crippen molar-refractivity contribution in [1.29, 1.82) is 0 Å². The summed E-state index contributed by atoms with van der Waals surface area (Å²) in [5.74, 6) is 2.45. The summed E-state index contributed by atoms with van der Waals surface area (Å²) in [5.41, 5.74) is 0. The fourth-order valence-electron chi connectivity index (χ4n) is 0.722. The maximum Gasteiger partial charge on any atom is 0.198 e. The van der Waals surface area contributed by atoms with Crippen molar-refractivity contribution in [3.05, 3.63) is 0 Å². The fourth-order valence-corrected chi connectivity index (χ4v) is 1.42. The Morgan fingerprint density at radius 2 is 2.10 bits per heavy atom. The molecule has 0 saturated carbocycles. The van der Waals surface area contributed by atoms with Gasteiger partial charge in [-0.25, -0.2) is 0 Å². The van der Waals surface area contributed by atoms with E-state index in [1.807, 2.05) is 18.0 Å². The SMILES string of the molecule is CCSCCCCC[C]=O. The van der Waals surface area contributed by atoms with Crippen molar-refractivity contribution >= 4 is 18.0 Å². The molecule has 0 rings (SSSR count). The summed E-state index contributed by atoms with van der Waals surface area (Å²) in [6, 6.07) is 0. The second kappa shape index (κ2) is 9.02. The van der Waals surface area contributed by atoms with Crippen LogP contribution in [-0.4, -0.2) is 17.8 Å². The van der Waals surface area contributed by atoms with Gasteiger partial charge in [0.2, 0.25) is 0 Å². The van der Waals surface area contributed by atoms with E-state index in [-0.39, 0.29) is 0 Å². The Balaban J connectivity index is 2.70. The first kappa shape index (κ1) is 10.0. The zero-order chi connectivity index (χ0) is 7.66. The van der Waals surface area contributed by atoms with Gasteiger partial charge in [0, 0.05) is 6.42 Å². The molecule has 1 nitrogen and oxygen atoms in total. The van der Waals surface area contributed by atoms with Gasteiger partial charge in [-0.3, -0.25) is 4.79 Å². The Labute approximate surface area is 67.6 Å². The fraction of sp³-hybridized carbons (Fsp3) is 0.875. The predicted molar refractivity (Wildman–Crippen MR) is 47.2 cm³/mol. The first-order chi connectivity index (χ1) is 4.91. The molecular weight excluding hydrogens is 144 g/mol. The lowest BCUT2D eigenvalue weighted by Crippen LogP contribution is -1.82. The van der Waals surface area contributed by atoms with Gasteiger partial charge in [-0.2, -0.15) is 11.8 Å². The highest BCUT2D eigenvalue weighted by Gasteiger charge is 1.88. The number of unbranched alkanes of at least 4 members (excludes halogenated alkanes) is 3. The summed E-state index contributed by atoms with van der Waals surface area (Å²) in [5, 5.41) is 0. The van der Waals surface area contributed by atoms with Gasteiger partial charge >= 0.3 is 0 Å². The number of rotatable bonds is 7. The zero-order valence-corrected chi connectivity index (χ0v) is 7.38. The molecule has 0 aliphatic heterocycles. The lowest BCUT2D eigenvalue weighted by molar-refractivity contribution is 0.546. The van der Waals surface area contributed by atoms with E-state index in [0.29, 0.717) is 6.42 Å². The quantitative estimate of drug-likeness (QED) is 0.531. The van der Waals surface area contributed by atoms with Crippen LogP contribution >= 0.6 is 11.8 Å². The Kier molecular flexibility index (Phi) is 9.04. The summed E-state index contributed by atoms with van der Waals surface area (Å²) in [6.07, 6.45) is 5.98. The van der Waals surface area contributed by atoms with Gasteiger partial charge in [-0.1, -0.05) is 13.3 Å². The molecule has 0 amide bonds. The van der Waals surface area contributed by atoms with Crippen LogP contribution in [0.4, 0.5) is 0 Å². The summed E-state index contributed by atoms with van der Waals surface area (Å²) in [6.45, 7) is 2.17. The van der Waals surface area contributed by atoms with Crippen LogP contribution < -0.4 is 0 Å². The number of thioether (sulfide) groups is 1. The Hall–Kier alpha value is 0.0200. The summed E-state index contributed by atoms with van der Waals surface area (Å²) >= 11 is 1.97. The van der Waals surface area contributed by atoms with Gasteiger partial charge < -0.3 is 0 Å². The molecule has 0 spiro atoms. The van der Waals surface area contributed by atoms with Gasteiger partial charge in [-0.05, 0) is 24.3 Å². The van der Waals surface area contributed by atoms with E-state index in [4.69, 9.17) is 0 Å². The zero-order valence-electron chi connectivity index (χ0n) is 6.56. The molecule has 10 heavy (non-hydrogen) atoms. The number of hydrogen-bond acceptors (Lipinski definition) is 2. The molecule has 0 aromatic rings. The molecule has 0 aromatic carbocycles. The highest BCUT2D eigenvalue weighted by Crippen LogP contribution is 2.05. The molecule has 0 unspecified atom stereocenters. The van der Waals surface area contributed by atoms with Crippen molar-refractivity contribution in [2.24, 2.45) is 0 Å². The van der Waals surface area contributed by atoms with E-state index >= 15 is 0 Å². The summed E-state index contributed by atoms with van der Waals surface area (Å²) in [4.78, 5) is 9.76. The van der Waals surface area contributed by atoms with Crippen LogP contribution in [0.2, 0.25) is 0 Å². The van der Waals surface area contributed by atoms with Crippen molar-refractivity contribution in [2.75, 3.05) is 11.5 Å². The maximum absolute atomic E-state index is 9.76. The smallest absolute Gasteiger partial charge is 0.198 e. The topological polar surface area (TPSA) is 17.1 Å². The minimum atomic E-state index is 0.622. The molecule has 0 heterocycles. The van der Waals surface area contributed by atoms with E-state index < -0.39 is 0 Å². The van der Waals surface area contributed by atoms with Crippen LogP contribution in [0.5, 0.6) is 0 Å².